The van der Waals surface area contributed by atoms with Gasteiger partial charge in [0.25, 0.3) is 11.2 Å². The first kappa shape index (κ1) is 14.4. The third-order valence-electron chi connectivity index (χ3n) is 3.26. The Bertz CT molecular complexity index is 937. The minimum absolute atomic E-state index is 0.119. The quantitative estimate of drug-likeness (QED) is 0.531. The lowest BCUT2D eigenvalue weighted by Gasteiger charge is -2.07. The van der Waals surface area contributed by atoms with Crippen molar-refractivity contribution in [1.29, 1.82) is 0 Å². The number of aromatic nitrogens is 2. The van der Waals surface area contributed by atoms with Gasteiger partial charge in [0.1, 0.15) is 0 Å². The van der Waals surface area contributed by atoms with Crippen LogP contribution in [-0.4, -0.2) is 14.5 Å². The predicted molar refractivity (Wildman–Crippen MR) is 85.9 cm³/mol. The number of nitrogens with zero attached hydrogens (tertiary/aromatic N) is 3. The fraction of sp³-hybridized carbons (Fsp3) is 0.0667. The molecule has 22 heavy (non-hydrogen) atoms. The molecular formula is C15H10BrN3O3. The number of halogens is 1. The predicted octanol–water partition coefficient (Wildman–Crippen LogP) is 3.12. The first-order valence-corrected chi connectivity index (χ1v) is 7.22. The number of non-ortho nitro benzene ring substituents is 1. The minimum atomic E-state index is -0.523. The number of benzene rings is 2. The van der Waals surface area contributed by atoms with Crippen molar-refractivity contribution in [2.45, 2.75) is 6.54 Å². The van der Waals surface area contributed by atoms with Crippen LogP contribution in [0.25, 0.3) is 10.9 Å². The molecule has 0 fully saturated rings. The van der Waals surface area contributed by atoms with Crippen molar-refractivity contribution in [3.8, 4) is 0 Å². The SMILES string of the molecule is O=c1c2cc([N+](=O)[O-])ccc2ncn1Cc1cccc(Br)c1. The van der Waals surface area contributed by atoms with Crippen LogP contribution in [-0.2, 0) is 6.54 Å². The first-order valence-electron chi connectivity index (χ1n) is 6.42. The van der Waals surface area contributed by atoms with E-state index in [4.69, 9.17) is 0 Å². The Morgan fingerprint density at radius 3 is 2.77 bits per heavy atom. The average molecular weight is 360 g/mol. The summed E-state index contributed by atoms with van der Waals surface area (Å²) in [7, 11) is 0. The molecule has 0 saturated carbocycles. The number of hydrogen-bond acceptors (Lipinski definition) is 4. The molecule has 0 unspecified atom stereocenters. The molecule has 110 valence electrons. The van der Waals surface area contributed by atoms with Gasteiger partial charge in [-0.25, -0.2) is 4.98 Å². The van der Waals surface area contributed by atoms with Crippen LogP contribution < -0.4 is 5.56 Å². The molecule has 0 aliphatic rings. The van der Waals surface area contributed by atoms with E-state index in [2.05, 4.69) is 20.9 Å². The summed E-state index contributed by atoms with van der Waals surface area (Å²) in [5, 5.41) is 11.1. The highest BCUT2D eigenvalue weighted by Gasteiger charge is 2.11. The summed E-state index contributed by atoms with van der Waals surface area (Å²) in [4.78, 5) is 27.0. The molecule has 0 spiro atoms. The van der Waals surface area contributed by atoms with Crippen LogP contribution in [0.4, 0.5) is 5.69 Å². The fourth-order valence-corrected chi connectivity index (χ4v) is 2.65. The number of rotatable bonds is 3. The van der Waals surface area contributed by atoms with Crippen LogP contribution in [0.3, 0.4) is 0 Å². The van der Waals surface area contributed by atoms with Gasteiger partial charge in [0.2, 0.25) is 0 Å². The highest BCUT2D eigenvalue weighted by Crippen LogP contribution is 2.17. The second kappa shape index (κ2) is 5.69. The van der Waals surface area contributed by atoms with Crippen LogP contribution in [0.5, 0.6) is 0 Å². The summed E-state index contributed by atoms with van der Waals surface area (Å²) in [5.74, 6) is 0. The number of fused-ring (bicyclic) bond motifs is 1. The van der Waals surface area contributed by atoms with E-state index in [1.54, 1.807) is 0 Å². The molecule has 0 N–H and O–H groups in total. The molecule has 0 radical (unpaired) electrons. The fourth-order valence-electron chi connectivity index (χ4n) is 2.21. The Kier molecular flexibility index (Phi) is 3.72. The summed E-state index contributed by atoms with van der Waals surface area (Å²) in [6.07, 6.45) is 1.46. The van der Waals surface area contributed by atoms with Crippen LogP contribution in [0.15, 0.2) is 58.1 Å². The summed E-state index contributed by atoms with van der Waals surface area (Å²) in [6, 6.07) is 11.7. The van der Waals surface area contributed by atoms with E-state index in [0.717, 1.165) is 10.0 Å². The lowest BCUT2D eigenvalue weighted by atomic mass is 10.2. The lowest BCUT2D eigenvalue weighted by molar-refractivity contribution is -0.384. The molecule has 3 rings (SSSR count). The average Bonchev–Trinajstić information content (AvgIpc) is 2.50. The summed E-state index contributed by atoms with van der Waals surface area (Å²) >= 11 is 3.38. The second-order valence-electron chi connectivity index (χ2n) is 4.77. The Morgan fingerprint density at radius 2 is 2.05 bits per heavy atom. The Morgan fingerprint density at radius 1 is 1.23 bits per heavy atom. The van der Waals surface area contributed by atoms with Crippen LogP contribution >= 0.6 is 15.9 Å². The standard InChI is InChI=1S/C15H10BrN3O3/c16-11-3-1-2-10(6-11)8-18-9-17-14-5-4-12(19(21)22)7-13(14)15(18)20/h1-7,9H,8H2. The molecule has 0 atom stereocenters. The van der Waals surface area contributed by atoms with Crippen LogP contribution in [0.2, 0.25) is 0 Å². The van der Waals surface area contributed by atoms with Crippen LogP contribution in [0.1, 0.15) is 5.56 Å². The van der Waals surface area contributed by atoms with Gasteiger partial charge in [0.15, 0.2) is 0 Å². The highest BCUT2D eigenvalue weighted by atomic mass is 79.9. The van der Waals surface area contributed by atoms with Crippen molar-refractivity contribution < 1.29 is 4.92 Å². The van der Waals surface area contributed by atoms with E-state index in [1.807, 2.05) is 24.3 Å². The molecule has 7 heteroatoms. The van der Waals surface area contributed by atoms with Crippen molar-refractivity contribution in [3.63, 3.8) is 0 Å². The van der Waals surface area contributed by atoms with E-state index >= 15 is 0 Å². The van der Waals surface area contributed by atoms with E-state index in [9.17, 15) is 14.9 Å². The van der Waals surface area contributed by atoms with Crippen molar-refractivity contribution in [1.82, 2.24) is 9.55 Å². The van der Waals surface area contributed by atoms with E-state index in [0.29, 0.717) is 12.1 Å². The summed E-state index contributed by atoms with van der Waals surface area (Å²) in [5.41, 5.74) is 0.962. The number of hydrogen-bond donors (Lipinski definition) is 0. The molecule has 2 aromatic carbocycles. The molecule has 1 heterocycles. The van der Waals surface area contributed by atoms with Gasteiger partial charge >= 0.3 is 0 Å². The number of nitro benzene ring substituents is 1. The van der Waals surface area contributed by atoms with Gasteiger partial charge in [-0.15, -0.1) is 0 Å². The zero-order valence-corrected chi connectivity index (χ0v) is 12.9. The maximum absolute atomic E-state index is 12.5. The van der Waals surface area contributed by atoms with Gasteiger partial charge in [0, 0.05) is 16.6 Å². The zero-order chi connectivity index (χ0) is 15.7. The Hall–Kier alpha value is -2.54. The molecule has 0 aliphatic carbocycles. The van der Waals surface area contributed by atoms with Gasteiger partial charge in [-0.3, -0.25) is 19.5 Å². The Balaban J connectivity index is 2.09. The van der Waals surface area contributed by atoms with Crippen molar-refractivity contribution in [2.24, 2.45) is 0 Å². The normalized spacial score (nSPS) is 10.8. The van der Waals surface area contributed by atoms with E-state index in [1.165, 1.54) is 29.1 Å². The maximum Gasteiger partial charge on any atom is 0.270 e. The van der Waals surface area contributed by atoms with Crippen molar-refractivity contribution in [3.05, 3.63) is 79.3 Å². The molecule has 1 aromatic heterocycles. The molecule has 0 amide bonds. The minimum Gasteiger partial charge on any atom is -0.294 e. The third-order valence-corrected chi connectivity index (χ3v) is 3.75. The van der Waals surface area contributed by atoms with Crippen molar-refractivity contribution in [2.75, 3.05) is 0 Å². The largest absolute Gasteiger partial charge is 0.294 e. The highest BCUT2D eigenvalue weighted by molar-refractivity contribution is 9.10. The molecule has 0 bridgehead atoms. The van der Waals surface area contributed by atoms with E-state index < -0.39 is 4.92 Å². The van der Waals surface area contributed by atoms with Crippen LogP contribution in [0, 0.1) is 10.1 Å². The first-order chi connectivity index (χ1) is 10.5. The molecule has 0 saturated heterocycles. The van der Waals surface area contributed by atoms with Gasteiger partial charge in [-0.05, 0) is 23.8 Å². The summed E-state index contributed by atoms with van der Waals surface area (Å²) < 4.78 is 2.36. The second-order valence-corrected chi connectivity index (χ2v) is 5.68. The summed E-state index contributed by atoms with van der Waals surface area (Å²) in [6.45, 7) is 0.351. The molecular weight excluding hydrogens is 350 g/mol. The van der Waals surface area contributed by atoms with Gasteiger partial charge < -0.3 is 0 Å². The third kappa shape index (κ3) is 2.75. The topological polar surface area (TPSA) is 78.0 Å². The lowest BCUT2D eigenvalue weighted by Crippen LogP contribution is -2.21. The number of nitro groups is 1. The zero-order valence-electron chi connectivity index (χ0n) is 11.3. The van der Waals surface area contributed by atoms with Gasteiger partial charge in [-0.2, -0.15) is 0 Å². The molecule has 0 aliphatic heterocycles. The van der Waals surface area contributed by atoms with Crippen molar-refractivity contribution >= 4 is 32.5 Å². The monoisotopic (exact) mass is 359 g/mol. The van der Waals surface area contributed by atoms with Gasteiger partial charge in [-0.1, -0.05) is 28.1 Å². The maximum atomic E-state index is 12.5. The Labute approximate surface area is 133 Å². The molecule has 6 nitrogen and oxygen atoms in total. The molecule has 3 aromatic rings. The van der Waals surface area contributed by atoms with Gasteiger partial charge in [0.05, 0.1) is 28.7 Å². The smallest absolute Gasteiger partial charge is 0.270 e. The van der Waals surface area contributed by atoms with E-state index in [-0.39, 0.29) is 16.6 Å².